The number of rotatable bonds is 10. The summed E-state index contributed by atoms with van der Waals surface area (Å²) < 4.78 is 22.4. The summed E-state index contributed by atoms with van der Waals surface area (Å²) in [5, 5.41) is 19.6. The number of aliphatic hydroxyl groups excluding tert-OH is 1. The first-order valence-electron chi connectivity index (χ1n) is 10.00. The third kappa shape index (κ3) is 6.74. The van der Waals surface area contributed by atoms with Crippen LogP contribution in [0.15, 0.2) is 71.3 Å². The van der Waals surface area contributed by atoms with E-state index >= 15 is 0 Å². The number of furan rings is 1. The molecule has 0 saturated heterocycles. The molecule has 7 nitrogen and oxygen atoms in total. The molecule has 0 bridgehead atoms. The SMILES string of the molecule is C=C(O[Si](C)(C)C(C)(C)C)/C([N+]#N)=C(/O)OCc1cocc1COCc1ccccc1. The predicted octanol–water partition coefficient (Wildman–Crippen LogP) is 6.63. The van der Waals surface area contributed by atoms with Gasteiger partial charge in [0.25, 0.3) is 8.32 Å². The second-order valence-electron chi connectivity index (χ2n) is 8.73. The van der Waals surface area contributed by atoms with E-state index in [-0.39, 0.29) is 23.1 Å². The maximum absolute atomic E-state index is 10.3. The maximum atomic E-state index is 10.3. The number of nitrogens with zero attached hydrogens (tertiary/aromatic N) is 2. The molecule has 31 heavy (non-hydrogen) atoms. The van der Waals surface area contributed by atoms with E-state index < -0.39 is 14.3 Å². The average molecular weight is 444 g/mol. The van der Waals surface area contributed by atoms with Crippen molar-refractivity contribution in [2.24, 2.45) is 0 Å². The molecule has 0 spiro atoms. The molecule has 0 unspecified atom stereocenters. The molecule has 0 atom stereocenters. The standard InChI is InChI=1S/C23H30N2O5Si/c1-17(30-31(5,6)23(2,3)4)21(25-24)22(26)29-16-20-15-28-14-19(20)13-27-12-18-10-8-7-9-11-18/h7-11,14-15H,1,12-13,16H2,2-6H3/p+1/b22-21+. The van der Waals surface area contributed by atoms with Gasteiger partial charge in [-0.1, -0.05) is 51.1 Å². The fraction of sp³-hybridized carbons (Fsp3) is 0.391. The predicted molar refractivity (Wildman–Crippen MR) is 121 cm³/mol. The summed E-state index contributed by atoms with van der Waals surface area (Å²) in [5.41, 5.74) is 2.32. The molecule has 8 heteroatoms. The number of hydrogen-bond donors (Lipinski definition) is 1. The zero-order chi connectivity index (χ0) is 23.1. The molecule has 0 amide bonds. The van der Waals surface area contributed by atoms with Crippen molar-refractivity contribution < 1.29 is 23.4 Å². The zero-order valence-corrected chi connectivity index (χ0v) is 19.8. The highest BCUT2D eigenvalue weighted by molar-refractivity contribution is 6.74. The van der Waals surface area contributed by atoms with Gasteiger partial charge in [0.2, 0.25) is 11.2 Å². The van der Waals surface area contributed by atoms with Crippen LogP contribution < -0.4 is 0 Å². The van der Waals surface area contributed by atoms with Crippen LogP contribution in [0, 0.1) is 5.39 Å². The lowest BCUT2D eigenvalue weighted by molar-refractivity contribution is 0.0748. The summed E-state index contributed by atoms with van der Waals surface area (Å²) in [6, 6.07) is 9.84. The lowest BCUT2D eigenvalue weighted by atomic mass is 10.2. The third-order valence-electron chi connectivity index (χ3n) is 5.32. The van der Waals surface area contributed by atoms with Gasteiger partial charge in [-0.25, -0.2) is 0 Å². The van der Waals surface area contributed by atoms with Gasteiger partial charge in [-0.3, -0.25) is 0 Å². The highest BCUT2D eigenvalue weighted by Crippen LogP contribution is 2.39. The highest BCUT2D eigenvalue weighted by Gasteiger charge is 2.42. The monoisotopic (exact) mass is 443 g/mol. The van der Waals surface area contributed by atoms with Gasteiger partial charge in [-0.2, -0.15) is 0 Å². The van der Waals surface area contributed by atoms with E-state index in [0.717, 1.165) is 11.1 Å². The van der Waals surface area contributed by atoms with Crippen LogP contribution in [0.5, 0.6) is 0 Å². The summed E-state index contributed by atoms with van der Waals surface area (Å²) in [5.74, 6) is -0.520. The molecule has 2 aromatic rings. The maximum Gasteiger partial charge on any atom is 0.503 e. The van der Waals surface area contributed by atoms with Crippen molar-refractivity contribution in [2.75, 3.05) is 0 Å². The summed E-state index contributed by atoms with van der Waals surface area (Å²) in [6.45, 7) is 14.9. The number of aliphatic hydroxyl groups is 1. The Morgan fingerprint density at radius 1 is 1.10 bits per heavy atom. The van der Waals surface area contributed by atoms with Gasteiger partial charge >= 0.3 is 11.6 Å². The van der Waals surface area contributed by atoms with Gasteiger partial charge < -0.3 is 23.4 Å². The van der Waals surface area contributed by atoms with Crippen molar-refractivity contribution in [1.82, 2.24) is 0 Å². The Hall–Kier alpha value is -3.02. The van der Waals surface area contributed by atoms with E-state index in [0.29, 0.717) is 18.8 Å². The highest BCUT2D eigenvalue weighted by atomic mass is 28.4. The van der Waals surface area contributed by atoms with Gasteiger partial charge in [0.1, 0.15) is 6.61 Å². The fourth-order valence-corrected chi connectivity index (χ4v) is 3.42. The lowest BCUT2D eigenvalue weighted by Crippen LogP contribution is -2.40. The Bertz CT molecular complexity index is 952. The Morgan fingerprint density at radius 3 is 2.29 bits per heavy atom. The first-order valence-corrected chi connectivity index (χ1v) is 12.9. The third-order valence-corrected chi connectivity index (χ3v) is 9.69. The number of hydrogen-bond acceptors (Lipinski definition) is 6. The fourth-order valence-electron chi connectivity index (χ4n) is 2.40. The molecule has 0 fully saturated rings. The molecule has 166 valence electrons. The molecule has 2 rings (SSSR count). The minimum atomic E-state index is -2.22. The first-order chi connectivity index (χ1) is 14.5. The summed E-state index contributed by atoms with van der Waals surface area (Å²) in [7, 11) is -2.22. The smallest absolute Gasteiger partial charge is 0.503 e. The van der Waals surface area contributed by atoms with Gasteiger partial charge in [-0.15, -0.1) is 0 Å². The molecular formula is C23H31N2O5Si+. The topological polar surface area (TPSA) is 89.2 Å². The zero-order valence-electron chi connectivity index (χ0n) is 18.8. The normalized spacial score (nSPS) is 12.6. The Balaban J connectivity index is 1.98. The van der Waals surface area contributed by atoms with E-state index in [4.69, 9.17) is 18.3 Å². The first kappa shape index (κ1) is 24.2. The van der Waals surface area contributed by atoms with Crippen LogP contribution in [-0.2, 0) is 33.7 Å². The van der Waals surface area contributed by atoms with Crippen LogP contribution in [0.3, 0.4) is 0 Å². The van der Waals surface area contributed by atoms with Crippen LogP contribution in [0.1, 0.15) is 37.5 Å². The van der Waals surface area contributed by atoms with E-state index in [9.17, 15) is 10.5 Å². The number of ether oxygens (including phenoxy) is 2. The van der Waals surface area contributed by atoms with Crippen LogP contribution >= 0.6 is 0 Å². The van der Waals surface area contributed by atoms with Gasteiger partial charge in [0.15, 0.2) is 4.98 Å². The second kappa shape index (κ2) is 10.3. The minimum Gasteiger partial charge on any atom is -0.538 e. The minimum absolute atomic E-state index is 0.00123. The van der Waals surface area contributed by atoms with Gasteiger partial charge in [0, 0.05) is 11.1 Å². The van der Waals surface area contributed by atoms with Crippen LogP contribution in [0.25, 0.3) is 4.98 Å². The summed E-state index contributed by atoms with van der Waals surface area (Å²) in [6.07, 6.45) is 3.09. The van der Waals surface area contributed by atoms with Crippen molar-refractivity contribution in [1.29, 1.82) is 5.39 Å². The number of diazo groups is 1. The van der Waals surface area contributed by atoms with Crippen molar-refractivity contribution in [3.05, 3.63) is 88.5 Å². The Morgan fingerprint density at radius 2 is 1.71 bits per heavy atom. The van der Waals surface area contributed by atoms with Crippen LogP contribution in [-0.4, -0.2) is 13.4 Å². The van der Waals surface area contributed by atoms with E-state index in [1.54, 1.807) is 6.26 Å². The molecule has 0 aliphatic rings. The van der Waals surface area contributed by atoms with Gasteiger partial charge in [-0.05, 0) is 30.3 Å². The quantitative estimate of drug-likeness (QED) is 0.192. The Kier molecular flexibility index (Phi) is 8.08. The Labute approximate surface area is 184 Å². The average Bonchev–Trinajstić information content (AvgIpc) is 3.14. The molecule has 1 aromatic carbocycles. The molecule has 1 N–H and O–H groups in total. The molecule has 0 radical (unpaired) electrons. The summed E-state index contributed by atoms with van der Waals surface area (Å²) >= 11 is 0. The lowest BCUT2D eigenvalue weighted by Gasteiger charge is -2.35. The molecule has 0 aliphatic carbocycles. The van der Waals surface area contributed by atoms with Crippen molar-refractivity contribution in [2.45, 2.75) is 58.7 Å². The van der Waals surface area contributed by atoms with Crippen LogP contribution in [0.4, 0.5) is 0 Å². The second-order valence-corrected chi connectivity index (χ2v) is 13.5. The number of benzene rings is 1. The molecule has 1 heterocycles. The van der Waals surface area contributed by atoms with Crippen molar-refractivity contribution in [3.8, 4) is 0 Å². The van der Waals surface area contributed by atoms with Gasteiger partial charge in [0.05, 0.1) is 25.7 Å². The van der Waals surface area contributed by atoms with Crippen molar-refractivity contribution >= 4 is 8.32 Å². The molecular weight excluding hydrogens is 412 g/mol. The molecule has 0 aliphatic heterocycles. The largest absolute Gasteiger partial charge is 0.538 e. The van der Waals surface area contributed by atoms with E-state index in [1.807, 2.05) is 43.4 Å². The van der Waals surface area contributed by atoms with E-state index in [1.165, 1.54) is 6.26 Å². The molecule has 0 saturated carbocycles. The summed E-state index contributed by atoms with van der Waals surface area (Å²) in [4.78, 5) is 3.11. The van der Waals surface area contributed by atoms with Crippen molar-refractivity contribution in [3.63, 3.8) is 0 Å². The molecule has 1 aromatic heterocycles. The van der Waals surface area contributed by atoms with Crippen LogP contribution in [0.2, 0.25) is 18.1 Å². The van der Waals surface area contributed by atoms with E-state index in [2.05, 4.69) is 32.3 Å².